The van der Waals surface area contributed by atoms with Crippen molar-refractivity contribution < 1.29 is 33.4 Å². The molecule has 0 spiro atoms. The average molecular weight is 476 g/mol. The number of nitrogens with one attached hydrogen (secondary N) is 2. The number of amides is 3. The molecule has 11 heteroatoms. The molecule has 0 aliphatic carbocycles. The smallest absolute Gasteiger partial charge is 0.311 e. The molecule has 2 aromatic rings. The molecule has 2 N–H and O–H groups in total. The van der Waals surface area contributed by atoms with Crippen LogP contribution in [0.1, 0.15) is 16.8 Å². The van der Waals surface area contributed by atoms with Gasteiger partial charge in [0.15, 0.2) is 6.61 Å². The summed E-state index contributed by atoms with van der Waals surface area (Å²) in [6.45, 7) is -0.646. The lowest BCUT2D eigenvalue weighted by Gasteiger charge is -2.19. The molecule has 33 heavy (non-hydrogen) atoms. The summed E-state index contributed by atoms with van der Waals surface area (Å²) >= 11 is 5.97. The first kappa shape index (κ1) is 23.9. The van der Waals surface area contributed by atoms with Gasteiger partial charge in [-0.1, -0.05) is 29.8 Å². The number of anilines is 1. The highest BCUT2D eigenvalue weighted by molar-refractivity contribution is 6.33. The number of benzene rings is 2. The maximum Gasteiger partial charge on any atom is 0.311 e. The number of esters is 1. The Hall–Kier alpha value is -3.79. The van der Waals surface area contributed by atoms with Crippen LogP contribution in [0.3, 0.4) is 0 Å². The Labute approximate surface area is 194 Å². The van der Waals surface area contributed by atoms with Crippen LogP contribution in [0.25, 0.3) is 0 Å². The van der Waals surface area contributed by atoms with Crippen molar-refractivity contribution >= 4 is 41.0 Å². The molecule has 2 aromatic carbocycles. The number of ether oxygens (including phenoxy) is 3. The Morgan fingerprint density at radius 1 is 1.06 bits per heavy atom. The fourth-order valence-corrected chi connectivity index (χ4v) is 3.41. The van der Waals surface area contributed by atoms with Crippen molar-refractivity contribution in [3.05, 3.63) is 53.1 Å². The van der Waals surface area contributed by atoms with E-state index in [1.807, 2.05) is 0 Å². The molecule has 1 aliphatic rings. The van der Waals surface area contributed by atoms with E-state index < -0.39 is 36.2 Å². The van der Waals surface area contributed by atoms with Gasteiger partial charge in [-0.2, -0.15) is 0 Å². The van der Waals surface area contributed by atoms with Crippen molar-refractivity contribution in [2.24, 2.45) is 5.92 Å². The van der Waals surface area contributed by atoms with Crippen LogP contribution in [-0.2, 0) is 19.1 Å². The summed E-state index contributed by atoms with van der Waals surface area (Å²) in [5, 5.41) is 3.91. The number of hydrazine groups is 1. The van der Waals surface area contributed by atoms with Crippen molar-refractivity contribution in [3.63, 3.8) is 0 Å². The van der Waals surface area contributed by atoms with Gasteiger partial charge in [-0.05, 0) is 24.3 Å². The SMILES string of the molecule is COc1cccc(OC)c1C(=O)NN1C[C@H](C(=O)OCC(=O)Nc2ccccc2Cl)CC1=O. The number of hydrogen-bond donors (Lipinski definition) is 2. The third-order valence-corrected chi connectivity index (χ3v) is 5.17. The molecule has 0 aromatic heterocycles. The standard InChI is InChI=1S/C22H22ClN3O7/c1-31-16-8-5-9-17(32-2)20(16)21(29)25-26-11-13(10-19(26)28)22(30)33-12-18(27)24-15-7-4-3-6-14(15)23/h3-9,13H,10-12H2,1-2H3,(H,24,27)(H,25,29)/t13-/m1/s1. The number of carbonyl (C=O) groups is 4. The van der Waals surface area contributed by atoms with Crippen molar-refractivity contribution in [1.29, 1.82) is 0 Å². The summed E-state index contributed by atoms with van der Waals surface area (Å²) in [5.41, 5.74) is 2.96. The Bertz CT molecular complexity index is 1050. The second-order valence-electron chi connectivity index (χ2n) is 7.02. The summed E-state index contributed by atoms with van der Waals surface area (Å²) in [5.74, 6) is -2.73. The van der Waals surface area contributed by atoms with E-state index in [0.29, 0.717) is 10.7 Å². The summed E-state index contributed by atoms with van der Waals surface area (Å²) in [6.07, 6.45) is -0.172. The van der Waals surface area contributed by atoms with Crippen molar-refractivity contribution in [2.45, 2.75) is 6.42 Å². The predicted molar refractivity (Wildman–Crippen MR) is 118 cm³/mol. The lowest BCUT2D eigenvalue weighted by molar-refractivity contribution is -0.151. The molecule has 10 nitrogen and oxygen atoms in total. The first-order valence-corrected chi connectivity index (χ1v) is 10.2. The molecule has 1 aliphatic heterocycles. The Morgan fingerprint density at radius 2 is 1.73 bits per heavy atom. The number of para-hydroxylation sites is 1. The zero-order valence-corrected chi connectivity index (χ0v) is 18.7. The van der Waals surface area contributed by atoms with Crippen LogP contribution in [0.5, 0.6) is 11.5 Å². The molecule has 3 amide bonds. The lowest BCUT2D eigenvalue weighted by atomic mass is 10.1. The molecular weight excluding hydrogens is 454 g/mol. The van der Waals surface area contributed by atoms with Gasteiger partial charge >= 0.3 is 5.97 Å². The van der Waals surface area contributed by atoms with Gasteiger partial charge in [0.25, 0.3) is 11.8 Å². The van der Waals surface area contributed by atoms with Crippen LogP contribution >= 0.6 is 11.6 Å². The number of hydrogen-bond acceptors (Lipinski definition) is 7. The third-order valence-electron chi connectivity index (χ3n) is 4.84. The van der Waals surface area contributed by atoms with Crippen molar-refractivity contribution in [1.82, 2.24) is 10.4 Å². The Morgan fingerprint density at radius 3 is 2.36 bits per heavy atom. The van der Waals surface area contributed by atoms with Crippen LogP contribution in [0.2, 0.25) is 5.02 Å². The van der Waals surface area contributed by atoms with Gasteiger partial charge in [-0.25, -0.2) is 0 Å². The highest BCUT2D eigenvalue weighted by atomic mass is 35.5. The molecule has 0 unspecified atom stereocenters. The quantitative estimate of drug-likeness (QED) is 0.560. The van der Waals surface area contributed by atoms with E-state index in [1.165, 1.54) is 14.2 Å². The maximum atomic E-state index is 12.8. The normalized spacial score (nSPS) is 15.1. The molecular formula is C22H22ClN3O7. The monoisotopic (exact) mass is 475 g/mol. The molecule has 3 rings (SSSR count). The summed E-state index contributed by atoms with van der Waals surface area (Å²) < 4.78 is 15.4. The van der Waals surface area contributed by atoms with Gasteiger partial charge in [-0.15, -0.1) is 0 Å². The fourth-order valence-electron chi connectivity index (χ4n) is 3.23. The minimum atomic E-state index is -0.842. The van der Waals surface area contributed by atoms with Gasteiger partial charge in [-0.3, -0.25) is 29.6 Å². The predicted octanol–water partition coefficient (Wildman–Crippen LogP) is 2.03. The van der Waals surface area contributed by atoms with Crippen LogP contribution in [0, 0.1) is 5.92 Å². The third kappa shape index (κ3) is 5.72. The molecule has 0 bridgehead atoms. The minimum Gasteiger partial charge on any atom is -0.496 e. The molecule has 1 heterocycles. The van der Waals surface area contributed by atoms with E-state index in [9.17, 15) is 19.2 Å². The van der Waals surface area contributed by atoms with Crippen LogP contribution < -0.4 is 20.2 Å². The lowest BCUT2D eigenvalue weighted by Crippen LogP contribution is -2.43. The molecule has 0 radical (unpaired) electrons. The number of methoxy groups -OCH3 is 2. The molecule has 1 saturated heterocycles. The zero-order valence-electron chi connectivity index (χ0n) is 17.9. The second-order valence-corrected chi connectivity index (χ2v) is 7.43. The topological polar surface area (TPSA) is 123 Å². The first-order valence-electron chi connectivity index (χ1n) is 9.87. The van der Waals surface area contributed by atoms with E-state index in [-0.39, 0.29) is 30.0 Å². The number of rotatable bonds is 8. The summed E-state index contributed by atoms with van der Waals surface area (Å²) in [6, 6.07) is 11.4. The fraction of sp³-hybridized carbons (Fsp3) is 0.273. The summed E-state index contributed by atoms with van der Waals surface area (Å²) in [7, 11) is 2.81. The molecule has 174 valence electrons. The number of carbonyl (C=O) groups excluding carboxylic acids is 4. The van der Waals surface area contributed by atoms with E-state index in [0.717, 1.165) is 5.01 Å². The van der Waals surface area contributed by atoms with Gasteiger partial charge in [0.2, 0.25) is 5.91 Å². The number of nitrogens with zero attached hydrogens (tertiary/aromatic N) is 1. The highest BCUT2D eigenvalue weighted by Crippen LogP contribution is 2.28. The highest BCUT2D eigenvalue weighted by Gasteiger charge is 2.37. The van der Waals surface area contributed by atoms with E-state index in [1.54, 1.807) is 42.5 Å². The number of halogens is 1. The Kier molecular flexibility index (Phi) is 7.73. The van der Waals surface area contributed by atoms with E-state index in [4.69, 9.17) is 25.8 Å². The van der Waals surface area contributed by atoms with Crippen LogP contribution in [-0.4, -0.2) is 56.1 Å². The van der Waals surface area contributed by atoms with Gasteiger partial charge in [0.1, 0.15) is 17.1 Å². The van der Waals surface area contributed by atoms with Crippen LogP contribution in [0.4, 0.5) is 5.69 Å². The van der Waals surface area contributed by atoms with Gasteiger partial charge < -0.3 is 19.5 Å². The van der Waals surface area contributed by atoms with E-state index in [2.05, 4.69) is 10.7 Å². The zero-order chi connectivity index (χ0) is 24.0. The second kappa shape index (κ2) is 10.7. The average Bonchev–Trinajstić information content (AvgIpc) is 3.18. The van der Waals surface area contributed by atoms with E-state index >= 15 is 0 Å². The summed E-state index contributed by atoms with van der Waals surface area (Å²) in [4.78, 5) is 49.5. The maximum absolute atomic E-state index is 12.8. The largest absolute Gasteiger partial charge is 0.496 e. The van der Waals surface area contributed by atoms with Gasteiger partial charge in [0, 0.05) is 6.42 Å². The molecule has 1 atom stereocenters. The van der Waals surface area contributed by atoms with Crippen LogP contribution in [0.15, 0.2) is 42.5 Å². The molecule has 0 saturated carbocycles. The minimum absolute atomic E-state index is 0.104. The van der Waals surface area contributed by atoms with Crippen molar-refractivity contribution in [3.8, 4) is 11.5 Å². The van der Waals surface area contributed by atoms with Crippen molar-refractivity contribution in [2.75, 3.05) is 32.7 Å². The first-order chi connectivity index (χ1) is 15.8. The Balaban J connectivity index is 1.56. The van der Waals surface area contributed by atoms with Gasteiger partial charge in [0.05, 0.1) is 37.4 Å². The molecule has 1 fully saturated rings.